The van der Waals surface area contributed by atoms with Crippen LogP contribution in [0.15, 0.2) is 130 Å². The first-order valence-electron chi connectivity index (χ1n) is 27.3. The van der Waals surface area contributed by atoms with Gasteiger partial charge in [0.05, 0.1) is 37.8 Å². The number of urea groups is 1. The highest BCUT2D eigenvalue weighted by molar-refractivity contribution is 9.11. The van der Waals surface area contributed by atoms with Gasteiger partial charge in [0.25, 0.3) is 11.8 Å². The second kappa shape index (κ2) is 28.7. The van der Waals surface area contributed by atoms with Gasteiger partial charge in [-0.2, -0.15) is 0 Å². The van der Waals surface area contributed by atoms with Crippen LogP contribution in [0.3, 0.4) is 0 Å². The number of rotatable bonds is 18. The van der Waals surface area contributed by atoms with Gasteiger partial charge in [-0.25, -0.2) is 9.59 Å². The number of nitrogen functional groups attached to an aromatic ring is 1. The highest BCUT2D eigenvalue weighted by Crippen LogP contribution is 2.37. The first-order valence-corrected chi connectivity index (χ1v) is 28.9. The normalized spacial score (nSPS) is 16.8. The Morgan fingerprint density at radius 1 is 0.625 bits per heavy atom. The molecule has 0 bridgehead atoms. The van der Waals surface area contributed by atoms with E-state index in [9.17, 15) is 24.3 Å². The number of carbonyl (C=O) groups is 4. The van der Waals surface area contributed by atoms with E-state index in [0.717, 1.165) is 104 Å². The van der Waals surface area contributed by atoms with Gasteiger partial charge in [-0.3, -0.25) is 44.3 Å². The summed E-state index contributed by atoms with van der Waals surface area (Å²) in [6.07, 6.45) is 0.463. The molecular formula is C59H74Br2N10O9. The van der Waals surface area contributed by atoms with Gasteiger partial charge in [-0.15, -0.1) is 0 Å². The Morgan fingerprint density at radius 3 is 1.55 bits per heavy atom. The van der Waals surface area contributed by atoms with Crippen molar-refractivity contribution >= 4 is 72.9 Å². The van der Waals surface area contributed by atoms with Gasteiger partial charge in [0.1, 0.15) is 36.8 Å². The number of carboxylic acid groups (broad SMARTS) is 1. The highest BCUT2D eigenvalue weighted by Gasteiger charge is 2.43. The number of ether oxygens (including phenoxy) is 4. The molecular weight excluding hydrogens is 1150 g/mol. The zero-order chi connectivity index (χ0) is 56.6. The first-order chi connectivity index (χ1) is 38.6. The van der Waals surface area contributed by atoms with Crippen molar-refractivity contribution < 1.29 is 43.2 Å². The van der Waals surface area contributed by atoms with Gasteiger partial charge in [0, 0.05) is 92.2 Å². The van der Waals surface area contributed by atoms with Gasteiger partial charge in [0.2, 0.25) is 0 Å². The molecule has 19 nitrogen and oxygen atoms in total. The molecule has 0 aliphatic carbocycles. The maximum Gasteiger partial charge on any atom is 0.408 e. The van der Waals surface area contributed by atoms with Gasteiger partial charge >= 0.3 is 12.1 Å². The summed E-state index contributed by atoms with van der Waals surface area (Å²) in [5.41, 5.74) is 9.57. The molecule has 0 radical (unpaired) electrons. The van der Waals surface area contributed by atoms with Crippen LogP contribution in [0.5, 0.6) is 11.5 Å². The first kappa shape index (κ1) is 59.5. The molecule has 9 rings (SSSR count). The van der Waals surface area contributed by atoms with Crippen molar-refractivity contribution in [2.24, 2.45) is 0 Å². The summed E-state index contributed by atoms with van der Waals surface area (Å²) in [4.78, 5) is 59.7. The summed E-state index contributed by atoms with van der Waals surface area (Å²) in [5.74, 6) is 0.896. The number of hydrogen-bond acceptors (Lipinski definition) is 13. The maximum atomic E-state index is 14.2. The Balaban J connectivity index is 0.000000211. The number of para-hydroxylation sites is 2. The third-order valence-corrected chi connectivity index (χ3v) is 15.5. The molecule has 5 amide bonds. The molecule has 5 N–H and O–H groups in total. The summed E-state index contributed by atoms with van der Waals surface area (Å²) in [5, 5.41) is 23.3. The van der Waals surface area contributed by atoms with E-state index in [2.05, 4.69) is 52.3 Å². The molecule has 5 aromatic carbocycles. The quantitative estimate of drug-likeness (QED) is 0.0609. The lowest BCUT2D eigenvalue weighted by Gasteiger charge is -2.42. The number of nitrogens with zero attached hydrogens (tertiary/aromatic N) is 7. The lowest BCUT2D eigenvalue weighted by molar-refractivity contribution is -0.138. The van der Waals surface area contributed by atoms with Crippen LogP contribution >= 0.6 is 31.9 Å². The van der Waals surface area contributed by atoms with Crippen LogP contribution in [0.25, 0.3) is 0 Å². The van der Waals surface area contributed by atoms with Crippen LogP contribution in [0.2, 0.25) is 0 Å². The average molecular weight is 1230 g/mol. The van der Waals surface area contributed by atoms with Gasteiger partial charge < -0.3 is 40.4 Å². The van der Waals surface area contributed by atoms with Crippen LogP contribution in [-0.2, 0) is 25.6 Å². The molecule has 0 unspecified atom stereocenters. The Kier molecular flexibility index (Phi) is 21.3. The number of morpholine rings is 2. The van der Waals surface area contributed by atoms with E-state index >= 15 is 0 Å². The van der Waals surface area contributed by atoms with Crippen molar-refractivity contribution in [1.82, 2.24) is 35.4 Å². The van der Waals surface area contributed by atoms with Crippen LogP contribution < -0.4 is 35.9 Å². The van der Waals surface area contributed by atoms with E-state index < -0.39 is 29.7 Å². The minimum absolute atomic E-state index is 0.216. The summed E-state index contributed by atoms with van der Waals surface area (Å²) in [7, 11) is 0. The van der Waals surface area contributed by atoms with Gasteiger partial charge in [-0.05, 0) is 143 Å². The SMILES string of the molecule is CC(C)(C)N(C(=O)O)[C@H](C(=O)N1CCCN1c1ccccc1Br)c1ccc(OCCN2CCOCC2)cc1.Nc1ccc(CNC(=O)N[C@H](C(=O)N2CCCN2c2ccccc2Br)c2ccc(OCCN3CCOCC3)cc2)cc1. The number of anilines is 3. The second-order valence-corrected chi connectivity index (χ2v) is 22.5. The van der Waals surface area contributed by atoms with E-state index in [0.29, 0.717) is 74.3 Å². The van der Waals surface area contributed by atoms with E-state index in [1.807, 2.05) is 107 Å². The maximum absolute atomic E-state index is 14.2. The third-order valence-electron chi connectivity index (χ3n) is 14.2. The van der Waals surface area contributed by atoms with E-state index in [1.165, 1.54) is 4.90 Å². The summed E-state index contributed by atoms with van der Waals surface area (Å²) < 4.78 is 24.5. The molecule has 21 heteroatoms. The minimum Gasteiger partial charge on any atom is -0.492 e. The standard InChI is InChI=1S/C31H37BrN6O4.C28H37BrN4O5/c32-27-4-1-2-5-28(27)37-14-3-15-38(37)30(39)29(35-31(40)34-22-23-6-10-25(33)11-7-23)24-8-12-26(13-9-24)42-21-18-36-16-19-41-20-17-36;1-28(2,3)33(27(35)36)25(26(34)32-14-6-13-31(32)24-8-5-4-7-23(24)29)21-9-11-22(12-10-21)38-20-17-30-15-18-37-19-16-30/h1-2,4-13,29H,3,14-22,33H2,(H2,34,35,40);4-5,7-12,25H,6,13-20H2,1-3H3,(H,35,36)/t29-;25-/m00/s1. The number of benzene rings is 5. The molecule has 428 valence electrons. The molecule has 4 saturated heterocycles. The zero-order valence-electron chi connectivity index (χ0n) is 45.8. The fourth-order valence-electron chi connectivity index (χ4n) is 10.0. The van der Waals surface area contributed by atoms with Crippen molar-refractivity contribution in [1.29, 1.82) is 0 Å². The predicted molar refractivity (Wildman–Crippen MR) is 315 cm³/mol. The third kappa shape index (κ3) is 16.1. The Hall–Kier alpha value is -6.62. The van der Waals surface area contributed by atoms with Crippen molar-refractivity contribution in [2.75, 3.05) is 121 Å². The van der Waals surface area contributed by atoms with Gasteiger partial charge in [0.15, 0.2) is 0 Å². The van der Waals surface area contributed by atoms with Crippen molar-refractivity contribution in [2.45, 2.75) is 57.8 Å². The zero-order valence-corrected chi connectivity index (χ0v) is 49.0. The van der Waals surface area contributed by atoms with Crippen LogP contribution in [0.4, 0.5) is 26.7 Å². The number of hydrazine groups is 2. The Bertz CT molecular complexity index is 2820. The second-order valence-electron chi connectivity index (χ2n) is 20.7. The van der Waals surface area contributed by atoms with E-state index in [1.54, 1.807) is 55.1 Å². The van der Waals surface area contributed by atoms with Gasteiger partial charge in [-0.1, -0.05) is 60.7 Å². The average Bonchev–Trinajstić information content (AvgIpc) is 4.16. The molecule has 4 fully saturated rings. The summed E-state index contributed by atoms with van der Waals surface area (Å²) in [6.45, 7) is 17.5. The number of hydrogen-bond donors (Lipinski definition) is 4. The monoisotopic (exact) mass is 1220 g/mol. The highest BCUT2D eigenvalue weighted by atomic mass is 79.9. The molecule has 4 heterocycles. The molecule has 0 spiro atoms. The number of carbonyl (C=O) groups excluding carboxylic acids is 3. The van der Waals surface area contributed by atoms with Crippen LogP contribution in [-0.4, -0.2) is 164 Å². The summed E-state index contributed by atoms with van der Waals surface area (Å²) >= 11 is 7.21. The molecule has 2 atom stereocenters. The number of nitrogens with two attached hydrogens (primary N) is 1. The molecule has 4 aliphatic heterocycles. The van der Waals surface area contributed by atoms with Crippen LogP contribution in [0, 0.1) is 0 Å². The Labute approximate surface area is 486 Å². The number of nitrogens with one attached hydrogen (secondary N) is 2. The van der Waals surface area contributed by atoms with Crippen molar-refractivity contribution in [3.63, 3.8) is 0 Å². The lowest BCUT2D eigenvalue weighted by Crippen LogP contribution is -2.54. The Morgan fingerprint density at radius 2 is 1.09 bits per heavy atom. The van der Waals surface area contributed by atoms with E-state index in [-0.39, 0.29) is 11.8 Å². The minimum atomic E-state index is -1.15. The lowest BCUT2D eigenvalue weighted by atomic mass is 9.97. The fraction of sp³-hybridized carbons (Fsp3) is 0.424. The molecule has 0 aromatic heterocycles. The smallest absolute Gasteiger partial charge is 0.408 e. The molecule has 80 heavy (non-hydrogen) atoms. The summed E-state index contributed by atoms with van der Waals surface area (Å²) in [6, 6.07) is 35.1. The van der Waals surface area contributed by atoms with Crippen molar-refractivity contribution in [3.8, 4) is 11.5 Å². The topological polar surface area (TPSA) is 198 Å². The predicted octanol–water partition coefficient (Wildman–Crippen LogP) is 8.57. The molecule has 5 aromatic rings. The molecule has 4 aliphatic rings. The van der Waals surface area contributed by atoms with Crippen molar-refractivity contribution in [3.05, 3.63) is 147 Å². The molecule has 0 saturated carbocycles. The van der Waals surface area contributed by atoms with E-state index in [4.69, 9.17) is 24.7 Å². The number of halogens is 2. The van der Waals surface area contributed by atoms with Crippen LogP contribution in [0.1, 0.15) is 62.4 Å². The fourth-order valence-corrected chi connectivity index (χ4v) is 11.0. The largest absolute Gasteiger partial charge is 0.492 e. The number of amides is 5.